The Balaban J connectivity index is 3.99. The average molecular weight is 332 g/mol. The van der Waals surface area contributed by atoms with Gasteiger partial charge in [-0.25, -0.2) is 0 Å². The van der Waals surface area contributed by atoms with Crippen molar-refractivity contribution >= 4 is 10.1 Å². The van der Waals surface area contributed by atoms with E-state index in [9.17, 15) is 18.1 Å². The molecular formula is C15H24O6S. The van der Waals surface area contributed by atoms with E-state index in [1.807, 2.05) is 20.8 Å². The summed E-state index contributed by atoms with van der Waals surface area (Å²) in [6.07, 6.45) is 1.78. The number of hydrogen-bond acceptors (Lipinski definition) is 5. The summed E-state index contributed by atoms with van der Waals surface area (Å²) in [6, 6.07) is 0. The Labute approximate surface area is 131 Å². The Morgan fingerprint density at radius 2 is 1.68 bits per heavy atom. The van der Waals surface area contributed by atoms with Crippen molar-refractivity contribution in [1.29, 1.82) is 0 Å². The summed E-state index contributed by atoms with van der Waals surface area (Å²) in [5.41, 5.74) is 0.746. The van der Waals surface area contributed by atoms with E-state index in [1.165, 1.54) is 14.2 Å². The normalized spacial score (nSPS) is 13.0. The first-order valence-corrected chi connectivity index (χ1v) is 8.65. The molecule has 1 aromatic rings. The van der Waals surface area contributed by atoms with Crippen molar-refractivity contribution in [2.24, 2.45) is 0 Å². The lowest BCUT2D eigenvalue weighted by Gasteiger charge is -2.23. The molecule has 1 aromatic carbocycles. The number of benzene rings is 1. The molecule has 0 fully saturated rings. The minimum Gasteiger partial charge on any atom is -0.507 e. The summed E-state index contributed by atoms with van der Waals surface area (Å²) in [5.74, 6) is -0.300. The number of aromatic hydroxyl groups is 1. The monoisotopic (exact) mass is 332 g/mol. The van der Waals surface area contributed by atoms with Gasteiger partial charge in [-0.05, 0) is 18.8 Å². The summed E-state index contributed by atoms with van der Waals surface area (Å²) >= 11 is 0. The van der Waals surface area contributed by atoms with Crippen molar-refractivity contribution in [3.8, 4) is 17.2 Å². The fourth-order valence-corrected chi connectivity index (χ4v) is 3.40. The second kappa shape index (κ2) is 7.19. The molecule has 126 valence electrons. The zero-order valence-electron chi connectivity index (χ0n) is 13.6. The maximum absolute atomic E-state index is 11.8. The van der Waals surface area contributed by atoms with Crippen molar-refractivity contribution in [3.05, 3.63) is 11.1 Å². The molecule has 0 saturated heterocycles. The van der Waals surface area contributed by atoms with E-state index in [-0.39, 0.29) is 23.2 Å². The highest BCUT2D eigenvalue weighted by Gasteiger charge is 2.33. The molecule has 0 aromatic heterocycles. The Kier molecular flexibility index (Phi) is 6.08. The summed E-state index contributed by atoms with van der Waals surface area (Å²) in [4.78, 5) is -0.422. The molecule has 0 spiro atoms. The third-order valence-corrected chi connectivity index (χ3v) is 4.63. The van der Waals surface area contributed by atoms with Crippen LogP contribution in [0.2, 0.25) is 0 Å². The van der Waals surface area contributed by atoms with Crippen LogP contribution in [0, 0.1) is 0 Å². The van der Waals surface area contributed by atoms with Crippen LogP contribution in [0.3, 0.4) is 0 Å². The van der Waals surface area contributed by atoms with Gasteiger partial charge in [-0.15, -0.1) is 0 Å². The number of phenols is 1. The number of phenolic OH excluding ortho intramolecular Hbond substituents is 1. The second-order valence-electron chi connectivity index (χ2n) is 5.17. The van der Waals surface area contributed by atoms with Crippen molar-refractivity contribution in [2.75, 3.05) is 14.2 Å². The smallest absolute Gasteiger partial charge is 0.301 e. The predicted octanol–water partition coefficient (Wildman–Crippen LogP) is 3.12. The molecule has 7 heteroatoms. The van der Waals surface area contributed by atoms with E-state index in [2.05, 4.69) is 0 Å². The molecule has 1 unspecified atom stereocenters. The van der Waals surface area contributed by atoms with Gasteiger partial charge in [0, 0.05) is 11.1 Å². The summed E-state index contributed by atoms with van der Waals surface area (Å²) in [7, 11) is -1.97. The Morgan fingerprint density at radius 1 is 1.14 bits per heavy atom. The third-order valence-electron chi connectivity index (χ3n) is 3.74. The van der Waals surface area contributed by atoms with E-state index >= 15 is 0 Å². The van der Waals surface area contributed by atoms with Gasteiger partial charge in [-0.1, -0.05) is 27.2 Å². The minimum absolute atomic E-state index is 0.0303. The molecule has 0 radical (unpaired) electrons. The van der Waals surface area contributed by atoms with Crippen LogP contribution in [0.5, 0.6) is 17.2 Å². The van der Waals surface area contributed by atoms with Gasteiger partial charge in [0.15, 0.2) is 16.4 Å². The molecule has 0 saturated carbocycles. The topological polar surface area (TPSA) is 93.1 Å². The van der Waals surface area contributed by atoms with Crippen molar-refractivity contribution < 1.29 is 27.6 Å². The van der Waals surface area contributed by atoms with Gasteiger partial charge in [-0.3, -0.25) is 4.55 Å². The Hall–Kier alpha value is -1.47. The molecule has 0 aliphatic rings. The van der Waals surface area contributed by atoms with Crippen LogP contribution >= 0.6 is 0 Å². The first-order chi connectivity index (χ1) is 10.2. The van der Waals surface area contributed by atoms with E-state index in [0.29, 0.717) is 30.4 Å². The van der Waals surface area contributed by atoms with Gasteiger partial charge in [0.1, 0.15) is 5.75 Å². The van der Waals surface area contributed by atoms with Crippen LogP contribution < -0.4 is 9.47 Å². The van der Waals surface area contributed by atoms with E-state index in [1.54, 1.807) is 0 Å². The van der Waals surface area contributed by atoms with Crippen molar-refractivity contribution in [2.45, 2.75) is 50.8 Å². The number of rotatable bonds is 7. The zero-order chi connectivity index (χ0) is 17.1. The summed E-state index contributed by atoms with van der Waals surface area (Å²) in [6.45, 7) is 5.67. The SMILES string of the molecule is CCCc1c(O)c(C(C)CC)c(OC)c(S(=O)(=O)O)c1OC. The van der Waals surface area contributed by atoms with Gasteiger partial charge >= 0.3 is 10.1 Å². The van der Waals surface area contributed by atoms with Crippen LogP contribution in [-0.2, 0) is 16.5 Å². The highest BCUT2D eigenvalue weighted by atomic mass is 32.2. The first kappa shape index (κ1) is 18.6. The number of ether oxygens (including phenoxy) is 2. The molecule has 1 atom stereocenters. The van der Waals surface area contributed by atoms with Gasteiger partial charge in [0.25, 0.3) is 0 Å². The third kappa shape index (κ3) is 3.30. The molecule has 0 bridgehead atoms. The van der Waals surface area contributed by atoms with Gasteiger partial charge in [0.2, 0.25) is 0 Å². The van der Waals surface area contributed by atoms with Crippen LogP contribution in [0.1, 0.15) is 50.7 Å². The summed E-state index contributed by atoms with van der Waals surface area (Å²) in [5, 5.41) is 10.6. The molecule has 0 amide bonds. The zero-order valence-corrected chi connectivity index (χ0v) is 14.5. The molecule has 0 aliphatic heterocycles. The van der Waals surface area contributed by atoms with Crippen molar-refractivity contribution in [3.63, 3.8) is 0 Å². The van der Waals surface area contributed by atoms with E-state index in [0.717, 1.165) is 0 Å². The van der Waals surface area contributed by atoms with Crippen LogP contribution in [0.25, 0.3) is 0 Å². The molecular weight excluding hydrogens is 308 g/mol. The lowest BCUT2D eigenvalue weighted by molar-refractivity contribution is 0.346. The second-order valence-corrected chi connectivity index (χ2v) is 6.53. The quantitative estimate of drug-likeness (QED) is 0.745. The molecule has 2 N–H and O–H groups in total. The molecule has 0 heterocycles. The lowest BCUT2D eigenvalue weighted by atomic mass is 9.92. The Morgan fingerprint density at radius 3 is 2.05 bits per heavy atom. The molecule has 6 nitrogen and oxygen atoms in total. The fourth-order valence-electron chi connectivity index (χ4n) is 2.54. The molecule has 1 rings (SSSR count). The molecule has 0 aliphatic carbocycles. The fraction of sp³-hybridized carbons (Fsp3) is 0.600. The van der Waals surface area contributed by atoms with Crippen LogP contribution in [-0.4, -0.2) is 32.3 Å². The van der Waals surface area contributed by atoms with Gasteiger partial charge in [-0.2, -0.15) is 8.42 Å². The summed E-state index contributed by atoms with van der Waals surface area (Å²) < 4.78 is 43.7. The van der Waals surface area contributed by atoms with Gasteiger partial charge < -0.3 is 14.6 Å². The predicted molar refractivity (Wildman–Crippen MR) is 83.7 cm³/mol. The van der Waals surface area contributed by atoms with Crippen LogP contribution in [0.4, 0.5) is 0 Å². The lowest BCUT2D eigenvalue weighted by Crippen LogP contribution is -2.11. The maximum Gasteiger partial charge on any atom is 0.301 e. The minimum atomic E-state index is -4.57. The first-order valence-electron chi connectivity index (χ1n) is 7.21. The standard InChI is InChI=1S/C15H24O6S/c1-6-8-10-12(16)11(9(3)7-2)14(21-5)15(13(10)20-4)22(17,18)19/h9,16H,6-8H2,1-5H3,(H,17,18,19). The highest BCUT2D eigenvalue weighted by molar-refractivity contribution is 7.86. The van der Waals surface area contributed by atoms with E-state index in [4.69, 9.17) is 9.47 Å². The molecule has 22 heavy (non-hydrogen) atoms. The number of hydrogen-bond donors (Lipinski definition) is 2. The van der Waals surface area contributed by atoms with E-state index < -0.39 is 15.0 Å². The maximum atomic E-state index is 11.8. The Bertz CT molecular complexity index is 636. The largest absolute Gasteiger partial charge is 0.507 e. The van der Waals surface area contributed by atoms with Crippen LogP contribution in [0.15, 0.2) is 4.90 Å². The van der Waals surface area contributed by atoms with Gasteiger partial charge in [0.05, 0.1) is 14.2 Å². The number of methoxy groups -OCH3 is 2. The highest BCUT2D eigenvalue weighted by Crippen LogP contribution is 2.49. The average Bonchev–Trinajstić information content (AvgIpc) is 2.46. The van der Waals surface area contributed by atoms with Crippen molar-refractivity contribution in [1.82, 2.24) is 0 Å².